The molecular formula is C128H78N6S3. The quantitative estimate of drug-likeness (QED) is 0.145. The van der Waals surface area contributed by atoms with Crippen molar-refractivity contribution in [2.45, 2.75) is 0 Å². The predicted molar refractivity (Wildman–Crippen MR) is 590 cm³/mol. The van der Waals surface area contributed by atoms with Crippen LogP contribution in [0, 0.1) is 0 Å². The molecule has 31 aromatic rings. The van der Waals surface area contributed by atoms with E-state index in [-0.39, 0.29) is 0 Å². The van der Waals surface area contributed by atoms with E-state index in [1.807, 2.05) is 34.0 Å². The second-order valence-corrected chi connectivity index (χ2v) is 39.4. The lowest BCUT2D eigenvalue weighted by atomic mass is 10.0. The Labute approximate surface area is 797 Å². The molecule has 0 aliphatic heterocycles. The molecule has 0 spiro atoms. The first-order valence-corrected chi connectivity index (χ1v) is 49.3. The van der Waals surface area contributed by atoms with Gasteiger partial charge >= 0.3 is 0 Å². The van der Waals surface area contributed by atoms with Gasteiger partial charge in [0.1, 0.15) is 0 Å². The van der Waals surface area contributed by atoms with Crippen LogP contribution in [0.3, 0.4) is 0 Å². The van der Waals surface area contributed by atoms with Crippen LogP contribution in [0.25, 0.3) is 269 Å². The zero-order chi connectivity index (χ0) is 89.6. The van der Waals surface area contributed by atoms with Crippen LogP contribution in [-0.2, 0) is 0 Å². The molecule has 137 heavy (non-hydrogen) atoms. The Morgan fingerprint density at radius 3 is 0.766 bits per heavy atom. The highest BCUT2D eigenvalue weighted by molar-refractivity contribution is 7.26. The van der Waals surface area contributed by atoms with Gasteiger partial charge in [0, 0.05) is 159 Å². The van der Waals surface area contributed by atoms with Crippen molar-refractivity contribution >= 4 is 247 Å². The number of benzene rings is 22. The minimum absolute atomic E-state index is 1.16. The van der Waals surface area contributed by atoms with Crippen LogP contribution in [0.1, 0.15) is 0 Å². The van der Waals surface area contributed by atoms with Gasteiger partial charge in [-0.2, -0.15) is 0 Å². The molecule has 22 aromatic carbocycles. The summed E-state index contributed by atoms with van der Waals surface area (Å²) in [4.78, 5) is 0. The SMILES string of the molecule is c1ccc(-c2cccc(-n3c4ccccc4c4cc5c6cc7c(cc6n(-c6ccccc6)c5cc43)sc3ccccc37)c2)cc1.c1ccc(-n2c3cc4sc5ccccc5c4cc3c3cc4c5ccccc5n(-c5ccc(-c6ccc7ccccc7c6)cc5)c4cc32)cc1.c1ccc(-n2c3cc4sc5ccccc5c4cc3c3cc4c5ccccc5n(-c5ccc6ccccc6c5)c4cc32)cc1. The number of fused-ring (bicyclic) bond motifs is 29. The van der Waals surface area contributed by atoms with E-state index >= 15 is 0 Å². The Morgan fingerprint density at radius 2 is 0.358 bits per heavy atom. The van der Waals surface area contributed by atoms with Crippen LogP contribution < -0.4 is 0 Å². The molecule has 0 bridgehead atoms. The number of para-hydroxylation sites is 6. The van der Waals surface area contributed by atoms with Crippen molar-refractivity contribution in [3.8, 4) is 56.4 Å². The van der Waals surface area contributed by atoms with E-state index in [0.29, 0.717) is 0 Å². The molecule has 0 amide bonds. The smallest absolute Gasteiger partial charge is 0.0562 e. The molecule has 0 fully saturated rings. The fourth-order valence-corrected chi connectivity index (χ4v) is 25.8. The minimum atomic E-state index is 1.16. The Bertz CT molecular complexity index is 10400. The van der Waals surface area contributed by atoms with Crippen molar-refractivity contribution in [2.24, 2.45) is 0 Å². The normalized spacial score (nSPS) is 12.1. The molecule has 9 heteroatoms. The summed E-state index contributed by atoms with van der Waals surface area (Å²) >= 11 is 5.64. The molecule has 0 N–H and O–H groups in total. The van der Waals surface area contributed by atoms with Crippen LogP contribution >= 0.6 is 34.0 Å². The number of aromatic nitrogens is 6. The summed E-state index contributed by atoms with van der Waals surface area (Å²) < 4.78 is 22.6. The maximum atomic E-state index is 2.46. The molecule has 9 aromatic heterocycles. The fourth-order valence-electron chi connectivity index (χ4n) is 22.4. The van der Waals surface area contributed by atoms with Gasteiger partial charge in [-0.1, -0.05) is 285 Å². The van der Waals surface area contributed by atoms with E-state index in [0.717, 1.165) is 11.4 Å². The Hall–Kier alpha value is -17.2. The molecule has 0 unspecified atom stereocenters. The van der Waals surface area contributed by atoms with Crippen molar-refractivity contribution in [1.82, 2.24) is 27.4 Å². The number of rotatable bonds is 8. The summed E-state index contributed by atoms with van der Waals surface area (Å²) in [5.74, 6) is 0. The highest BCUT2D eigenvalue weighted by Crippen LogP contribution is 2.50. The topological polar surface area (TPSA) is 29.6 Å². The summed E-state index contributed by atoms with van der Waals surface area (Å²) in [6.45, 7) is 0. The summed E-state index contributed by atoms with van der Waals surface area (Å²) in [5.41, 5.74) is 26.6. The summed E-state index contributed by atoms with van der Waals surface area (Å²) in [6, 6.07) is 174. The third kappa shape index (κ3) is 12.2. The second kappa shape index (κ2) is 30.7. The fraction of sp³-hybridized carbons (Fsp3) is 0. The van der Waals surface area contributed by atoms with Gasteiger partial charge < -0.3 is 27.4 Å². The van der Waals surface area contributed by atoms with Crippen molar-refractivity contribution in [1.29, 1.82) is 0 Å². The Morgan fingerprint density at radius 1 is 0.109 bits per heavy atom. The van der Waals surface area contributed by atoms with Gasteiger partial charge in [-0.3, -0.25) is 0 Å². The van der Waals surface area contributed by atoms with Gasteiger partial charge in [0.15, 0.2) is 0 Å². The van der Waals surface area contributed by atoms with E-state index < -0.39 is 0 Å². The molecule has 0 atom stereocenters. The maximum Gasteiger partial charge on any atom is 0.0562 e. The molecule has 0 radical (unpaired) electrons. The zero-order valence-corrected chi connectivity index (χ0v) is 76.4. The lowest BCUT2D eigenvalue weighted by molar-refractivity contribution is 1.17. The van der Waals surface area contributed by atoms with Crippen LogP contribution in [-0.4, -0.2) is 27.4 Å². The highest BCUT2D eigenvalue weighted by Gasteiger charge is 2.26. The molecule has 9 heterocycles. The molecule has 6 nitrogen and oxygen atoms in total. The maximum absolute atomic E-state index is 2.46. The van der Waals surface area contributed by atoms with E-state index in [1.54, 1.807) is 0 Å². The van der Waals surface area contributed by atoms with Crippen LogP contribution in [0.15, 0.2) is 473 Å². The van der Waals surface area contributed by atoms with Gasteiger partial charge in [0.05, 0.1) is 66.2 Å². The third-order valence-electron chi connectivity index (χ3n) is 28.6. The first-order chi connectivity index (χ1) is 67.9. The van der Waals surface area contributed by atoms with E-state index in [9.17, 15) is 0 Å². The average Bonchev–Trinajstić information content (AvgIpc) is 1.55. The van der Waals surface area contributed by atoms with Gasteiger partial charge in [-0.25, -0.2) is 0 Å². The zero-order valence-electron chi connectivity index (χ0n) is 73.9. The van der Waals surface area contributed by atoms with Crippen LogP contribution in [0.4, 0.5) is 0 Å². The molecular weight excluding hydrogens is 1720 g/mol. The molecule has 0 saturated heterocycles. The molecule has 0 aliphatic rings. The summed E-state index contributed by atoms with van der Waals surface area (Å²) in [5, 5.41) is 28.3. The van der Waals surface area contributed by atoms with E-state index in [2.05, 4.69) is 501 Å². The number of hydrogen-bond donors (Lipinski definition) is 0. The van der Waals surface area contributed by atoms with E-state index in [4.69, 9.17) is 0 Å². The number of hydrogen-bond acceptors (Lipinski definition) is 3. The molecule has 31 rings (SSSR count). The number of thiophene rings is 3. The van der Waals surface area contributed by atoms with Crippen LogP contribution in [0.5, 0.6) is 0 Å². The molecule has 0 saturated carbocycles. The van der Waals surface area contributed by atoms with Gasteiger partial charge in [0.25, 0.3) is 0 Å². The lowest BCUT2D eigenvalue weighted by Gasteiger charge is -2.11. The number of nitrogens with zero attached hydrogens (tertiary/aromatic N) is 6. The summed E-state index contributed by atoms with van der Waals surface area (Å²) in [6.07, 6.45) is 0. The van der Waals surface area contributed by atoms with E-state index in [1.165, 1.54) is 258 Å². The lowest BCUT2D eigenvalue weighted by Crippen LogP contribution is -1.96. The monoisotopic (exact) mass is 1790 g/mol. The molecule has 0 aliphatic carbocycles. The average molecular weight is 1800 g/mol. The Balaban J connectivity index is 0.0000000996. The van der Waals surface area contributed by atoms with Crippen molar-refractivity contribution in [2.75, 3.05) is 0 Å². The van der Waals surface area contributed by atoms with Crippen molar-refractivity contribution < 1.29 is 0 Å². The standard InChI is InChI=1S/C46H28N2S.C42H26N2S.C40H24N2S/c1-2-12-33(13-3-1)48-43-27-42-37(25-38(43)39-26-40-36-15-7-9-17-45(36)49-46(40)28-44(39)48)35-14-6-8-16-41(35)47(42)34-22-20-30(21-23-34)32-19-18-29-10-4-5-11-31(29)24-32;1-3-12-27(13-4-1)28-14-11-17-30(22-28)44-37-20-9-7-18-31(37)33-23-34-35-24-36-32-19-8-10-21-41(32)45-42(36)26-40(35)43(39(34)25-38(33)44)29-15-5-2-6-16-29;1-2-12-27(13-3-1)41-37-23-36-31(21-32(37)33-22-34-30-15-7-9-17-39(30)43-40(34)24-38(33)41)29-14-6-8-16-35(29)42(36)28-19-18-25-10-4-5-11-26(25)20-28/h1-28H;1-26H;1-24H. The Kier molecular flexibility index (Phi) is 17.3. The third-order valence-corrected chi connectivity index (χ3v) is 32.0. The minimum Gasteiger partial charge on any atom is -0.309 e. The van der Waals surface area contributed by atoms with Crippen molar-refractivity contribution in [3.05, 3.63) is 473 Å². The van der Waals surface area contributed by atoms with Crippen molar-refractivity contribution in [3.63, 3.8) is 0 Å². The largest absolute Gasteiger partial charge is 0.309 e. The molecule has 638 valence electrons. The van der Waals surface area contributed by atoms with Crippen LogP contribution in [0.2, 0.25) is 0 Å². The predicted octanol–water partition coefficient (Wildman–Crippen LogP) is 36.4. The second-order valence-electron chi connectivity index (χ2n) is 36.2. The first kappa shape index (κ1) is 77.4. The summed E-state index contributed by atoms with van der Waals surface area (Å²) in [7, 11) is 0. The van der Waals surface area contributed by atoms with Gasteiger partial charge in [-0.05, 0) is 232 Å². The first-order valence-electron chi connectivity index (χ1n) is 46.8. The van der Waals surface area contributed by atoms with Gasteiger partial charge in [-0.15, -0.1) is 34.0 Å². The highest BCUT2D eigenvalue weighted by atomic mass is 32.1. The van der Waals surface area contributed by atoms with Gasteiger partial charge in [0.2, 0.25) is 0 Å².